The highest BCUT2D eigenvalue weighted by atomic mass is 35.5. The van der Waals surface area contributed by atoms with E-state index >= 15 is 0 Å². The first-order valence-electron chi connectivity index (χ1n) is 5.85. The third kappa shape index (κ3) is 2.33. The van der Waals surface area contributed by atoms with Gasteiger partial charge in [0.25, 0.3) is 0 Å². The molecular weight excluding hydrogens is 280 g/mol. The summed E-state index contributed by atoms with van der Waals surface area (Å²) in [6.45, 7) is 0.332. The maximum absolute atomic E-state index is 10.7. The number of nitro groups is 1. The van der Waals surface area contributed by atoms with E-state index in [9.17, 15) is 10.1 Å². The Hall–Kier alpha value is -2.47. The number of nitrogens with zero attached hydrogens (tertiary/aromatic N) is 4. The van der Waals surface area contributed by atoms with Crippen molar-refractivity contribution in [1.29, 1.82) is 0 Å². The highest BCUT2D eigenvalue weighted by molar-refractivity contribution is 6.32. The number of benzene rings is 1. The van der Waals surface area contributed by atoms with Gasteiger partial charge in [-0.15, -0.1) is 0 Å². The molecule has 2 aromatic heterocycles. The van der Waals surface area contributed by atoms with E-state index in [4.69, 9.17) is 11.6 Å². The first kappa shape index (κ1) is 12.6. The molecule has 6 nitrogen and oxygen atoms in total. The van der Waals surface area contributed by atoms with E-state index in [2.05, 4.69) is 10.1 Å². The van der Waals surface area contributed by atoms with Gasteiger partial charge in [0.05, 0.1) is 22.5 Å². The summed E-state index contributed by atoms with van der Waals surface area (Å²) in [6.07, 6.45) is 1.43. The zero-order valence-electron chi connectivity index (χ0n) is 10.2. The van der Waals surface area contributed by atoms with E-state index in [1.54, 1.807) is 0 Å². The SMILES string of the molecule is O=[N+]([O-])c1nn(Cc2ccc3ccccc3n2)cc1Cl. The minimum Gasteiger partial charge on any atom is -0.358 e. The van der Waals surface area contributed by atoms with Crippen LogP contribution in [-0.4, -0.2) is 19.7 Å². The molecule has 0 radical (unpaired) electrons. The van der Waals surface area contributed by atoms with Gasteiger partial charge in [0.2, 0.25) is 0 Å². The summed E-state index contributed by atoms with van der Waals surface area (Å²) in [4.78, 5) is 14.6. The zero-order chi connectivity index (χ0) is 14.1. The molecule has 0 aliphatic carbocycles. The number of aromatic nitrogens is 3. The zero-order valence-corrected chi connectivity index (χ0v) is 11.0. The Morgan fingerprint density at radius 1 is 1.25 bits per heavy atom. The Morgan fingerprint density at radius 3 is 2.80 bits per heavy atom. The molecule has 3 rings (SSSR count). The number of fused-ring (bicyclic) bond motifs is 1. The lowest BCUT2D eigenvalue weighted by Crippen LogP contribution is -2.03. The summed E-state index contributed by atoms with van der Waals surface area (Å²) in [7, 11) is 0. The van der Waals surface area contributed by atoms with Gasteiger partial charge < -0.3 is 10.1 Å². The van der Waals surface area contributed by atoms with Crippen LogP contribution in [0.1, 0.15) is 5.69 Å². The first-order valence-corrected chi connectivity index (χ1v) is 6.23. The fourth-order valence-electron chi connectivity index (χ4n) is 1.95. The van der Waals surface area contributed by atoms with Crippen LogP contribution in [0.15, 0.2) is 42.6 Å². The quantitative estimate of drug-likeness (QED) is 0.548. The van der Waals surface area contributed by atoms with Crippen LogP contribution in [0, 0.1) is 10.1 Å². The second-order valence-electron chi connectivity index (χ2n) is 4.25. The van der Waals surface area contributed by atoms with Crippen molar-refractivity contribution in [3.63, 3.8) is 0 Å². The molecule has 0 atom stereocenters. The minimum atomic E-state index is -0.605. The van der Waals surface area contributed by atoms with Crippen LogP contribution >= 0.6 is 11.6 Å². The smallest absolute Gasteiger partial charge is 0.358 e. The molecule has 0 saturated carbocycles. The van der Waals surface area contributed by atoms with Crippen molar-refractivity contribution >= 4 is 28.3 Å². The maximum atomic E-state index is 10.7. The Bertz CT molecular complexity index is 800. The van der Waals surface area contributed by atoms with Crippen molar-refractivity contribution in [3.05, 3.63) is 63.4 Å². The third-order valence-corrected chi connectivity index (χ3v) is 3.12. The second-order valence-corrected chi connectivity index (χ2v) is 4.66. The highest BCUT2D eigenvalue weighted by Gasteiger charge is 2.19. The molecule has 0 fully saturated rings. The van der Waals surface area contributed by atoms with Gasteiger partial charge in [0.15, 0.2) is 5.02 Å². The number of halogens is 1. The summed E-state index contributed by atoms with van der Waals surface area (Å²) in [5, 5.41) is 15.6. The van der Waals surface area contributed by atoms with Gasteiger partial charge in [-0.3, -0.25) is 4.98 Å². The number of para-hydroxylation sites is 1. The Kier molecular flexibility index (Phi) is 3.08. The number of hydrogen-bond acceptors (Lipinski definition) is 4. The van der Waals surface area contributed by atoms with E-state index in [0.717, 1.165) is 16.6 Å². The van der Waals surface area contributed by atoms with Crippen LogP contribution in [0.2, 0.25) is 5.02 Å². The van der Waals surface area contributed by atoms with Crippen molar-refractivity contribution in [2.24, 2.45) is 0 Å². The fraction of sp³-hybridized carbons (Fsp3) is 0.0769. The monoisotopic (exact) mass is 288 g/mol. The molecule has 0 aliphatic heterocycles. The molecule has 1 aromatic carbocycles. The predicted molar refractivity (Wildman–Crippen MR) is 74.7 cm³/mol. The number of rotatable bonds is 3. The Balaban J connectivity index is 1.92. The van der Waals surface area contributed by atoms with E-state index < -0.39 is 4.92 Å². The van der Waals surface area contributed by atoms with E-state index in [1.807, 2.05) is 36.4 Å². The van der Waals surface area contributed by atoms with Gasteiger partial charge in [0.1, 0.15) is 6.54 Å². The summed E-state index contributed by atoms with van der Waals surface area (Å²) >= 11 is 5.76. The summed E-state index contributed by atoms with van der Waals surface area (Å²) < 4.78 is 1.41. The van der Waals surface area contributed by atoms with E-state index in [1.165, 1.54) is 10.9 Å². The summed E-state index contributed by atoms with van der Waals surface area (Å²) in [5.74, 6) is -0.340. The topological polar surface area (TPSA) is 73.8 Å². The lowest BCUT2D eigenvalue weighted by molar-refractivity contribution is -0.389. The molecule has 0 saturated heterocycles. The Morgan fingerprint density at radius 2 is 2.05 bits per heavy atom. The van der Waals surface area contributed by atoms with Gasteiger partial charge in [0, 0.05) is 5.39 Å². The van der Waals surface area contributed by atoms with Gasteiger partial charge in [-0.2, -0.15) is 4.68 Å². The Labute approximate surface area is 118 Å². The van der Waals surface area contributed by atoms with Crippen LogP contribution in [0.5, 0.6) is 0 Å². The first-order chi connectivity index (χ1) is 9.63. The van der Waals surface area contributed by atoms with Crippen molar-refractivity contribution in [3.8, 4) is 0 Å². The van der Waals surface area contributed by atoms with Crippen molar-refractivity contribution in [2.45, 2.75) is 6.54 Å². The molecule has 7 heteroatoms. The summed E-state index contributed by atoms with van der Waals surface area (Å²) in [5.41, 5.74) is 1.63. The van der Waals surface area contributed by atoms with Crippen molar-refractivity contribution < 1.29 is 4.92 Å². The average molecular weight is 289 g/mol. The molecule has 0 amide bonds. The van der Waals surface area contributed by atoms with Crippen molar-refractivity contribution in [2.75, 3.05) is 0 Å². The second kappa shape index (κ2) is 4.90. The molecule has 20 heavy (non-hydrogen) atoms. The summed E-state index contributed by atoms with van der Waals surface area (Å²) in [6, 6.07) is 11.6. The van der Waals surface area contributed by atoms with Gasteiger partial charge >= 0.3 is 5.82 Å². The van der Waals surface area contributed by atoms with E-state index in [0.29, 0.717) is 6.54 Å². The largest absolute Gasteiger partial charge is 0.408 e. The predicted octanol–water partition coefficient (Wildman–Crippen LogP) is 3.04. The molecule has 2 heterocycles. The van der Waals surface area contributed by atoms with Gasteiger partial charge in [-0.25, -0.2) is 0 Å². The average Bonchev–Trinajstić information content (AvgIpc) is 2.79. The standard InChI is InChI=1S/C13H9ClN4O2/c14-11-8-17(16-13(11)18(19)20)7-10-6-5-9-3-1-2-4-12(9)15-10/h1-6,8H,7H2. The molecule has 3 aromatic rings. The molecule has 100 valence electrons. The van der Waals surface area contributed by atoms with Crippen LogP contribution in [0.25, 0.3) is 10.9 Å². The van der Waals surface area contributed by atoms with Crippen LogP contribution in [-0.2, 0) is 6.54 Å². The van der Waals surface area contributed by atoms with Crippen molar-refractivity contribution in [1.82, 2.24) is 14.8 Å². The molecular formula is C13H9ClN4O2. The lowest BCUT2D eigenvalue weighted by Gasteiger charge is -2.01. The van der Waals surface area contributed by atoms with Crippen LogP contribution in [0.3, 0.4) is 0 Å². The highest BCUT2D eigenvalue weighted by Crippen LogP contribution is 2.22. The molecule has 0 N–H and O–H groups in total. The van der Waals surface area contributed by atoms with E-state index in [-0.39, 0.29) is 10.8 Å². The third-order valence-electron chi connectivity index (χ3n) is 2.85. The molecule has 0 aliphatic rings. The van der Waals surface area contributed by atoms with Gasteiger partial charge in [-0.05, 0) is 17.1 Å². The number of pyridine rings is 1. The molecule has 0 spiro atoms. The normalized spacial score (nSPS) is 10.8. The fourth-order valence-corrected chi connectivity index (χ4v) is 2.17. The molecule has 0 unspecified atom stereocenters. The number of hydrogen-bond donors (Lipinski definition) is 0. The van der Waals surface area contributed by atoms with Gasteiger partial charge in [-0.1, -0.05) is 35.9 Å². The van der Waals surface area contributed by atoms with Crippen LogP contribution < -0.4 is 0 Å². The minimum absolute atomic E-state index is 0.0239. The molecule has 0 bridgehead atoms. The maximum Gasteiger partial charge on any atom is 0.408 e. The van der Waals surface area contributed by atoms with Crippen LogP contribution in [0.4, 0.5) is 5.82 Å². The lowest BCUT2D eigenvalue weighted by atomic mass is 10.2.